The van der Waals surface area contributed by atoms with E-state index in [9.17, 15) is 4.79 Å². The van der Waals surface area contributed by atoms with Gasteiger partial charge < -0.3 is 25.4 Å². The van der Waals surface area contributed by atoms with Crippen molar-refractivity contribution in [2.24, 2.45) is 0 Å². The monoisotopic (exact) mass is 475 g/mol. The first-order valence-electron chi connectivity index (χ1n) is 8.38. The number of halogens is 3. The summed E-state index contributed by atoms with van der Waals surface area (Å²) in [7, 11) is 3.07. The lowest BCUT2D eigenvalue weighted by Crippen LogP contribution is -2.56. The van der Waals surface area contributed by atoms with Crippen LogP contribution in [0.4, 0.5) is 5.69 Å². The van der Waals surface area contributed by atoms with E-state index in [-0.39, 0.29) is 5.11 Å². The average Bonchev–Trinajstić information content (AvgIpc) is 2.66. The molecule has 2 aromatic rings. The minimum absolute atomic E-state index is 0.109. The largest absolute Gasteiger partial charge is 0.497 e. The summed E-state index contributed by atoms with van der Waals surface area (Å²) in [5, 5.41) is 8.52. The van der Waals surface area contributed by atoms with E-state index < -0.39 is 15.9 Å². The number of carbonyl (C=O) groups excluding carboxylic acids is 1. The van der Waals surface area contributed by atoms with Crippen LogP contribution >= 0.6 is 47.0 Å². The van der Waals surface area contributed by atoms with Crippen molar-refractivity contribution in [3.8, 4) is 11.5 Å². The zero-order chi connectivity index (χ0) is 21.6. The fourth-order valence-corrected chi connectivity index (χ4v) is 2.99. The number of hydrogen-bond donors (Lipinski definition) is 3. The van der Waals surface area contributed by atoms with Crippen molar-refractivity contribution in [1.82, 2.24) is 10.6 Å². The Hall–Kier alpha value is -1.93. The summed E-state index contributed by atoms with van der Waals surface area (Å²) in [4.78, 5) is 12.6. The predicted octanol–water partition coefficient (Wildman–Crippen LogP) is 4.42. The molecule has 3 N–H and O–H groups in total. The molecule has 0 aliphatic carbocycles. The molecule has 2 aromatic carbocycles. The SMILES string of the molecule is COc1ccc(OC)c(NC(=S)NC(NC(=O)c2ccccc2C)C(Cl)(Cl)Cl)c1. The van der Waals surface area contributed by atoms with Crippen molar-refractivity contribution in [2.45, 2.75) is 16.9 Å². The standard InChI is InChI=1S/C19H20Cl3N3O3S/c1-11-6-4-5-7-13(11)16(26)24-17(19(20,21)22)25-18(29)23-14-10-12(27-2)8-9-15(14)28-3/h4-10,17H,1-3H3,(H,24,26)(H2,23,25,29). The van der Waals surface area contributed by atoms with Crippen molar-refractivity contribution < 1.29 is 14.3 Å². The number of carbonyl (C=O) groups is 1. The zero-order valence-corrected chi connectivity index (χ0v) is 19.0. The molecule has 1 unspecified atom stereocenters. The summed E-state index contributed by atoms with van der Waals surface area (Å²) in [6.45, 7) is 1.81. The smallest absolute Gasteiger partial charge is 0.253 e. The van der Waals surface area contributed by atoms with Gasteiger partial charge >= 0.3 is 0 Å². The molecule has 0 aliphatic heterocycles. The lowest BCUT2D eigenvalue weighted by molar-refractivity contribution is 0.0934. The normalized spacial score (nSPS) is 11.9. The molecule has 0 saturated carbocycles. The minimum Gasteiger partial charge on any atom is -0.497 e. The molecule has 156 valence electrons. The van der Waals surface area contributed by atoms with Crippen LogP contribution in [0.2, 0.25) is 0 Å². The van der Waals surface area contributed by atoms with Gasteiger partial charge in [-0.25, -0.2) is 0 Å². The number of ether oxygens (including phenoxy) is 2. The first-order valence-corrected chi connectivity index (χ1v) is 9.92. The Labute approximate surface area is 189 Å². The molecular formula is C19H20Cl3N3O3S. The number of rotatable bonds is 6. The van der Waals surface area contributed by atoms with Gasteiger partial charge in [0.05, 0.1) is 19.9 Å². The molecule has 0 aliphatic rings. The molecule has 0 bridgehead atoms. The third-order valence-corrected chi connectivity index (χ3v) is 4.80. The topological polar surface area (TPSA) is 71.6 Å². The first-order chi connectivity index (χ1) is 13.7. The van der Waals surface area contributed by atoms with E-state index in [2.05, 4.69) is 16.0 Å². The van der Waals surface area contributed by atoms with Gasteiger partial charge in [-0.2, -0.15) is 0 Å². The number of thiocarbonyl (C=S) groups is 1. The highest BCUT2D eigenvalue weighted by molar-refractivity contribution is 7.80. The highest BCUT2D eigenvalue weighted by Crippen LogP contribution is 2.31. The number of amides is 1. The van der Waals surface area contributed by atoms with E-state index in [4.69, 9.17) is 56.5 Å². The Balaban J connectivity index is 2.16. The van der Waals surface area contributed by atoms with Gasteiger partial charge in [-0.3, -0.25) is 4.79 Å². The molecule has 10 heteroatoms. The number of nitrogens with one attached hydrogen (secondary N) is 3. The van der Waals surface area contributed by atoms with E-state index in [1.165, 1.54) is 7.11 Å². The number of alkyl halides is 3. The van der Waals surface area contributed by atoms with Crippen LogP contribution in [0, 0.1) is 6.92 Å². The van der Waals surface area contributed by atoms with Gasteiger partial charge in [-0.1, -0.05) is 53.0 Å². The Kier molecular flexibility index (Phi) is 8.22. The summed E-state index contributed by atoms with van der Waals surface area (Å²) in [6, 6.07) is 12.2. The van der Waals surface area contributed by atoms with Crippen molar-refractivity contribution in [3.63, 3.8) is 0 Å². The van der Waals surface area contributed by atoms with E-state index in [0.29, 0.717) is 22.7 Å². The van der Waals surface area contributed by atoms with Gasteiger partial charge in [0.25, 0.3) is 5.91 Å². The first kappa shape index (κ1) is 23.3. The lowest BCUT2D eigenvalue weighted by Gasteiger charge is -2.28. The van der Waals surface area contributed by atoms with Gasteiger partial charge in [0.2, 0.25) is 3.79 Å². The quantitative estimate of drug-likeness (QED) is 0.326. The number of hydrogen-bond acceptors (Lipinski definition) is 4. The van der Waals surface area contributed by atoms with Crippen molar-refractivity contribution in [2.75, 3.05) is 19.5 Å². The molecule has 1 atom stereocenters. The van der Waals surface area contributed by atoms with Gasteiger partial charge in [0, 0.05) is 11.6 Å². The summed E-state index contributed by atoms with van der Waals surface area (Å²) in [5.74, 6) is 0.722. The summed E-state index contributed by atoms with van der Waals surface area (Å²) in [5.41, 5.74) is 1.79. The maximum atomic E-state index is 12.6. The number of benzene rings is 2. The van der Waals surface area contributed by atoms with Crippen molar-refractivity contribution >= 4 is 63.7 Å². The number of methoxy groups -OCH3 is 2. The summed E-state index contributed by atoms with van der Waals surface area (Å²) in [6.07, 6.45) is -1.10. The summed E-state index contributed by atoms with van der Waals surface area (Å²) >= 11 is 23.5. The van der Waals surface area contributed by atoms with Crippen LogP contribution in [-0.2, 0) is 0 Å². The highest BCUT2D eigenvalue weighted by Gasteiger charge is 2.35. The number of aryl methyl sites for hydroxylation is 1. The number of anilines is 1. The molecule has 2 rings (SSSR count). The Morgan fingerprint density at radius 3 is 2.34 bits per heavy atom. The van der Waals surface area contributed by atoms with Crippen LogP contribution in [-0.4, -0.2) is 35.2 Å². The van der Waals surface area contributed by atoms with E-state index in [1.807, 2.05) is 19.1 Å². The van der Waals surface area contributed by atoms with E-state index in [0.717, 1.165) is 5.56 Å². The van der Waals surface area contributed by atoms with Crippen molar-refractivity contribution in [1.29, 1.82) is 0 Å². The van der Waals surface area contributed by atoms with E-state index >= 15 is 0 Å². The van der Waals surface area contributed by atoms with Crippen LogP contribution in [0.15, 0.2) is 42.5 Å². The van der Waals surface area contributed by atoms with Gasteiger partial charge in [-0.05, 0) is 42.9 Å². The van der Waals surface area contributed by atoms with E-state index in [1.54, 1.807) is 37.4 Å². The molecular weight excluding hydrogens is 457 g/mol. The molecule has 1 amide bonds. The zero-order valence-electron chi connectivity index (χ0n) is 15.9. The molecule has 0 aromatic heterocycles. The van der Waals surface area contributed by atoms with Gasteiger partial charge in [-0.15, -0.1) is 0 Å². The van der Waals surface area contributed by atoms with Gasteiger partial charge in [0.1, 0.15) is 17.7 Å². The fraction of sp³-hybridized carbons (Fsp3) is 0.263. The maximum Gasteiger partial charge on any atom is 0.253 e. The summed E-state index contributed by atoms with van der Waals surface area (Å²) < 4.78 is 8.63. The third-order valence-electron chi connectivity index (χ3n) is 3.92. The molecule has 29 heavy (non-hydrogen) atoms. The van der Waals surface area contributed by atoms with Crippen LogP contribution in [0.25, 0.3) is 0 Å². The van der Waals surface area contributed by atoms with Crippen LogP contribution in [0.5, 0.6) is 11.5 Å². The molecule has 0 spiro atoms. The minimum atomic E-state index is -1.87. The third kappa shape index (κ3) is 6.54. The predicted molar refractivity (Wildman–Crippen MR) is 122 cm³/mol. The molecule has 0 heterocycles. The lowest BCUT2D eigenvalue weighted by atomic mass is 10.1. The second-order valence-corrected chi connectivity index (χ2v) is 8.70. The Bertz CT molecular complexity index is 890. The fourth-order valence-electron chi connectivity index (χ4n) is 2.44. The molecule has 0 radical (unpaired) electrons. The molecule has 6 nitrogen and oxygen atoms in total. The van der Waals surface area contributed by atoms with Gasteiger partial charge in [0.15, 0.2) is 5.11 Å². The van der Waals surface area contributed by atoms with Crippen LogP contribution in [0.3, 0.4) is 0 Å². The Morgan fingerprint density at radius 2 is 1.76 bits per heavy atom. The maximum absolute atomic E-state index is 12.6. The second kappa shape index (κ2) is 10.2. The highest BCUT2D eigenvalue weighted by atomic mass is 35.6. The Morgan fingerprint density at radius 1 is 1.07 bits per heavy atom. The molecule has 0 saturated heterocycles. The van der Waals surface area contributed by atoms with Crippen LogP contribution in [0.1, 0.15) is 15.9 Å². The van der Waals surface area contributed by atoms with Crippen LogP contribution < -0.4 is 25.4 Å². The second-order valence-electron chi connectivity index (χ2n) is 5.93. The molecule has 0 fully saturated rings. The average molecular weight is 477 g/mol. The van der Waals surface area contributed by atoms with Crippen molar-refractivity contribution in [3.05, 3.63) is 53.6 Å².